The maximum absolute atomic E-state index is 12.5. The summed E-state index contributed by atoms with van der Waals surface area (Å²) in [5.74, 6) is -0.00615. The van der Waals surface area contributed by atoms with Gasteiger partial charge < -0.3 is 9.64 Å². The summed E-state index contributed by atoms with van der Waals surface area (Å²) in [5.41, 5.74) is 1.62. The first-order valence-electron chi connectivity index (χ1n) is 7.92. The Balaban J connectivity index is 1.48. The van der Waals surface area contributed by atoms with Crippen LogP contribution in [0.5, 0.6) is 0 Å². The van der Waals surface area contributed by atoms with Crippen LogP contribution in [0.15, 0.2) is 42.1 Å². The minimum Gasteiger partial charge on any atom is -0.373 e. The van der Waals surface area contributed by atoms with E-state index in [1.165, 1.54) is 11.8 Å². The highest BCUT2D eigenvalue weighted by Gasteiger charge is 2.24. The minimum absolute atomic E-state index is 0.00615. The zero-order valence-corrected chi connectivity index (χ0v) is 14.4. The van der Waals surface area contributed by atoms with Gasteiger partial charge in [-0.05, 0) is 30.7 Å². The maximum atomic E-state index is 12.5. The molecule has 0 saturated carbocycles. The molecule has 6 nitrogen and oxygen atoms in total. The van der Waals surface area contributed by atoms with Crippen molar-refractivity contribution in [3.63, 3.8) is 0 Å². The highest BCUT2D eigenvalue weighted by molar-refractivity contribution is 7.98. The van der Waals surface area contributed by atoms with Gasteiger partial charge in [0.15, 0.2) is 5.16 Å². The van der Waals surface area contributed by atoms with Gasteiger partial charge in [-0.3, -0.25) is 9.78 Å². The Morgan fingerprint density at radius 1 is 1.29 bits per heavy atom. The van der Waals surface area contributed by atoms with E-state index in [1.807, 2.05) is 29.5 Å². The van der Waals surface area contributed by atoms with Crippen molar-refractivity contribution in [2.45, 2.75) is 30.7 Å². The molecule has 24 heavy (non-hydrogen) atoms. The molecule has 7 heteroatoms. The Kier molecular flexibility index (Phi) is 5.77. The molecule has 2 aromatic heterocycles. The van der Waals surface area contributed by atoms with Crippen molar-refractivity contribution >= 4 is 17.7 Å². The van der Waals surface area contributed by atoms with Gasteiger partial charge in [0.2, 0.25) is 0 Å². The summed E-state index contributed by atoms with van der Waals surface area (Å²) in [7, 11) is 0. The van der Waals surface area contributed by atoms with Gasteiger partial charge in [0, 0.05) is 37.9 Å². The van der Waals surface area contributed by atoms with Crippen LogP contribution in [-0.4, -0.2) is 51.2 Å². The molecule has 0 atom stereocenters. The highest BCUT2D eigenvalue weighted by atomic mass is 32.2. The van der Waals surface area contributed by atoms with Crippen molar-refractivity contribution in [1.82, 2.24) is 19.9 Å². The third kappa shape index (κ3) is 4.30. The van der Waals surface area contributed by atoms with Crippen LogP contribution in [0.25, 0.3) is 0 Å². The summed E-state index contributed by atoms with van der Waals surface area (Å²) in [5, 5.41) is 0.675. The molecule has 0 spiro atoms. The van der Waals surface area contributed by atoms with Crippen LogP contribution < -0.4 is 0 Å². The van der Waals surface area contributed by atoms with Crippen LogP contribution >= 0.6 is 11.8 Å². The van der Waals surface area contributed by atoms with Gasteiger partial charge in [-0.25, -0.2) is 9.97 Å². The number of aromatic nitrogens is 3. The van der Waals surface area contributed by atoms with E-state index in [9.17, 15) is 4.79 Å². The van der Waals surface area contributed by atoms with Crippen LogP contribution in [0.3, 0.4) is 0 Å². The SMILES string of the molecule is CSc1ncc(C(=O)N2CCC(OCc3cccnc3)CC2)cn1. The molecular weight excluding hydrogens is 324 g/mol. The number of ether oxygens (including phenoxy) is 1. The lowest BCUT2D eigenvalue weighted by molar-refractivity contribution is -0.000490. The summed E-state index contributed by atoms with van der Waals surface area (Å²) >= 11 is 1.46. The molecule has 0 aromatic carbocycles. The number of carbonyl (C=O) groups excluding carboxylic acids is 1. The lowest BCUT2D eigenvalue weighted by atomic mass is 10.1. The molecule has 3 rings (SSSR count). The number of hydrogen-bond donors (Lipinski definition) is 0. The van der Waals surface area contributed by atoms with Crippen molar-refractivity contribution in [1.29, 1.82) is 0 Å². The van der Waals surface area contributed by atoms with E-state index in [2.05, 4.69) is 15.0 Å². The van der Waals surface area contributed by atoms with Gasteiger partial charge in [-0.15, -0.1) is 0 Å². The number of thioether (sulfide) groups is 1. The summed E-state index contributed by atoms with van der Waals surface area (Å²) in [4.78, 5) is 26.7. The van der Waals surface area contributed by atoms with Crippen molar-refractivity contribution < 1.29 is 9.53 Å². The van der Waals surface area contributed by atoms with Gasteiger partial charge in [-0.2, -0.15) is 0 Å². The number of rotatable bonds is 5. The van der Waals surface area contributed by atoms with Crippen LogP contribution in [0, 0.1) is 0 Å². The predicted octanol–water partition coefficient (Wildman–Crippen LogP) is 2.41. The van der Waals surface area contributed by atoms with Crippen LogP contribution in [0.1, 0.15) is 28.8 Å². The molecule has 0 bridgehead atoms. The predicted molar refractivity (Wildman–Crippen MR) is 91.8 cm³/mol. The van der Waals surface area contributed by atoms with Crippen molar-refractivity contribution in [3.8, 4) is 0 Å². The molecule has 3 heterocycles. The van der Waals surface area contributed by atoms with Crippen molar-refractivity contribution in [2.75, 3.05) is 19.3 Å². The van der Waals surface area contributed by atoms with Gasteiger partial charge in [0.25, 0.3) is 5.91 Å². The minimum atomic E-state index is -0.00615. The van der Waals surface area contributed by atoms with Gasteiger partial charge in [-0.1, -0.05) is 17.8 Å². The summed E-state index contributed by atoms with van der Waals surface area (Å²) < 4.78 is 5.93. The molecular formula is C17H20N4O2S. The van der Waals surface area contributed by atoms with Gasteiger partial charge in [0.05, 0.1) is 18.3 Å². The Morgan fingerprint density at radius 3 is 2.67 bits per heavy atom. The van der Waals surface area contributed by atoms with Crippen LogP contribution in [-0.2, 0) is 11.3 Å². The van der Waals surface area contributed by atoms with Crippen molar-refractivity contribution in [3.05, 3.63) is 48.0 Å². The Hall–Kier alpha value is -1.99. The standard InChI is InChI=1S/C17H20N4O2S/c1-24-17-19-10-14(11-20-17)16(22)21-7-4-15(5-8-21)23-12-13-3-2-6-18-9-13/h2-3,6,9-11,15H,4-5,7-8,12H2,1H3. The van der Waals surface area contributed by atoms with Crippen LogP contribution in [0.4, 0.5) is 0 Å². The Bertz CT molecular complexity index is 658. The van der Waals surface area contributed by atoms with Crippen LogP contribution in [0.2, 0.25) is 0 Å². The molecule has 2 aromatic rings. The zero-order chi connectivity index (χ0) is 16.8. The average molecular weight is 344 g/mol. The molecule has 126 valence electrons. The first kappa shape index (κ1) is 16.9. The van der Waals surface area contributed by atoms with Gasteiger partial charge in [0.1, 0.15) is 0 Å². The topological polar surface area (TPSA) is 68.2 Å². The Morgan fingerprint density at radius 2 is 2.04 bits per heavy atom. The maximum Gasteiger partial charge on any atom is 0.256 e. The summed E-state index contributed by atoms with van der Waals surface area (Å²) in [6.45, 7) is 1.96. The zero-order valence-electron chi connectivity index (χ0n) is 13.6. The van der Waals surface area contributed by atoms with E-state index in [-0.39, 0.29) is 12.0 Å². The molecule has 0 aliphatic carbocycles. The second kappa shape index (κ2) is 8.21. The number of hydrogen-bond acceptors (Lipinski definition) is 6. The molecule has 0 radical (unpaired) electrons. The quantitative estimate of drug-likeness (QED) is 0.613. The number of carbonyl (C=O) groups is 1. The van der Waals surface area contributed by atoms with E-state index in [1.54, 1.807) is 18.6 Å². The third-order valence-corrected chi connectivity index (χ3v) is 4.57. The first-order chi connectivity index (χ1) is 11.8. The molecule has 0 unspecified atom stereocenters. The molecule has 1 fully saturated rings. The van der Waals surface area contributed by atoms with E-state index in [0.717, 1.165) is 18.4 Å². The third-order valence-electron chi connectivity index (χ3n) is 4.00. The number of likely N-dealkylation sites (tertiary alicyclic amines) is 1. The fourth-order valence-electron chi connectivity index (χ4n) is 2.64. The fraction of sp³-hybridized carbons (Fsp3) is 0.412. The molecule has 1 aliphatic heterocycles. The first-order valence-corrected chi connectivity index (χ1v) is 9.14. The average Bonchev–Trinajstić information content (AvgIpc) is 2.67. The van der Waals surface area contributed by atoms with E-state index >= 15 is 0 Å². The fourth-order valence-corrected chi connectivity index (χ4v) is 2.95. The molecule has 0 N–H and O–H groups in total. The smallest absolute Gasteiger partial charge is 0.256 e. The normalized spacial score (nSPS) is 15.5. The monoisotopic (exact) mass is 344 g/mol. The highest BCUT2D eigenvalue weighted by Crippen LogP contribution is 2.18. The molecule has 1 amide bonds. The molecule has 1 aliphatic rings. The number of amides is 1. The second-order valence-corrected chi connectivity index (χ2v) is 6.40. The molecule has 1 saturated heterocycles. The largest absolute Gasteiger partial charge is 0.373 e. The van der Waals surface area contributed by atoms with Crippen molar-refractivity contribution in [2.24, 2.45) is 0 Å². The summed E-state index contributed by atoms with van der Waals surface area (Å²) in [6.07, 6.45) is 10.6. The number of nitrogens with zero attached hydrogens (tertiary/aromatic N) is 4. The van der Waals surface area contributed by atoms with E-state index in [4.69, 9.17) is 4.74 Å². The summed E-state index contributed by atoms with van der Waals surface area (Å²) in [6, 6.07) is 3.91. The number of piperidine rings is 1. The number of pyridine rings is 1. The Labute approximate surface area is 145 Å². The van der Waals surface area contributed by atoms with Gasteiger partial charge >= 0.3 is 0 Å². The van der Waals surface area contributed by atoms with E-state index in [0.29, 0.717) is 30.4 Å². The lowest BCUT2D eigenvalue weighted by Crippen LogP contribution is -2.41. The second-order valence-electron chi connectivity index (χ2n) is 5.62. The van der Waals surface area contributed by atoms with E-state index < -0.39 is 0 Å². The lowest BCUT2D eigenvalue weighted by Gasteiger charge is -2.31.